The lowest BCUT2D eigenvalue weighted by Gasteiger charge is -2.41. The smallest absolute Gasteiger partial charge is 0.245 e. The summed E-state index contributed by atoms with van der Waals surface area (Å²) in [6.45, 7) is 0. The van der Waals surface area contributed by atoms with Gasteiger partial charge in [-0.05, 0) is 0 Å². The molecule has 0 radical (unpaired) electrons. The molecule has 33 heteroatoms. The molecule has 0 saturated heterocycles. The van der Waals surface area contributed by atoms with Gasteiger partial charge in [0.05, 0.1) is 0 Å². The summed E-state index contributed by atoms with van der Waals surface area (Å²) in [5.74, 6) is -52.8. The monoisotopic (exact) mass is 786 g/mol. The van der Waals surface area contributed by atoms with E-state index in [1.54, 1.807) is 0 Å². The lowest BCUT2D eigenvalue weighted by atomic mass is 10.1. The molecular formula is C14F30O3. The van der Waals surface area contributed by atoms with Gasteiger partial charge in [0.2, 0.25) is 0 Å². The lowest BCUT2D eigenvalue weighted by molar-refractivity contribution is -0.554. The molecule has 0 saturated carbocycles. The highest BCUT2D eigenvalue weighted by Crippen LogP contribution is 2.61. The molecule has 0 aliphatic carbocycles. The SMILES string of the molecule is FC(F)(F)C(F)(F)C(F)(F)OC(F)(F)C(F)(F)C(F)(F)C(F)(F)OC(F)(F)C(F)(F)C(F)(F)C(F)(F)OC(F)(F)C(F)(F)C(F)(F)F. The van der Waals surface area contributed by atoms with Gasteiger partial charge in [0, 0.05) is 0 Å². The highest BCUT2D eigenvalue weighted by atomic mass is 19.4. The Bertz CT molecular complexity index is 1020. The van der Waals surface area contributed by atoms with E-state index >= 15 is 0 Å². The second-order valence-electron chi connectivity index (χ2n) is 7.85. The van der Waals surface area contributed by atoms with Crippen LogP contribution in [0.3, 0.4) is 0 Å². The maximum atomic E-state index is 13.4. The minimum absolute atomic E-state index is 0.685. The number of ether oxygens (including phenoxy) is 3. The van der Waals surface area contributed by atoms with Gasteiger partial charge >= 0.3 is 84.5 Å². The van der Waals surface area contributed by atoms with Crippen molar-refractivity contribution in [3.05, 3.63) is 0 Å². The van der Waals surface area contributed by atoms with Crippen LogP contribution >= 0.6 is 0 Å². The van der Waals surface area contributed by atoms with Gasteiger partial charge in [-0.2, -0.15) is 132 Å². The summed E-state index contributed by atoms with van der Waals surface area (Å²) in [7, 11) is 0. The van der Waals surface area contributed by atoms with Crippen molar-refractivity contribution in [3.8, 4) is 0 Å². The number of halogens is 30. The van der Waals surface area contributed by atoms with E-state index in [0.29, 0.717) is 4.74 Å². The van der Waals surface area contributed by atoms with E-state index in [1.807, 2.05) is 0 Å². The molecule has 47 heavy (non-hydrogen) atoms. The van der Waals surface area contributed by atoms with Crippen molar-refractivity contribution >= 4 is 0 Å². The fourth-order valence-electron chi connectivity index (χ4n) is 1.93. The Morgan fingerprint density at radius 3 is 0.383 bits per heavy atom. The predicted octanol–water partition coefficient (Wildman–Crippen LogP) is 9.53. The summed E-state index contributed by atoms with van der Waals surface area (Å²) in [5, 5.41) is 0. The van der Waals surface area contributed by atoms with Crippen LogP contribution < -0.4 is 0 Å². The molecular weight excluding hydrogens is 786 g/mol. The van der Waals surface area contributed by atoms with Crippen molar-refractivity contribution in [1.82, 2.24) is 0 Å². The third kappa shape index (κ3) is 6.83. The van der Waals surface area contributed by atoms with Crippen LogP contribution in [0.1, 0.15) is 0 Å². The molecule has 0 rings (SSSR count). The Hall–Kier alpha value is -2.22. The topological polar surface area (TPSA) is 27.7 Å². The summed E-state index contributed by atoms with van der Waals surface area (Å²) in [5.41, 5.74) is 0. The van der Waals surface area contributed by atoms with Crippen molar-refractivity contribution in [3.63, 3.8) is 0 Å². The zero-order valence-electron chi connectivity index (χ0n) is 19.6. The van der Waals surface area contributed by atoms with Crippen LogP contribution in [0.4, 0.5) is 132 Å². The third-order valence-electron chi connectivity index (χ3n) is 4.46. The number of alkyl halides is 30. The average molecular weight is 786 g/mol. The molecule has 0 heterocycles. The minimum atomic E-state index is -9.15. The molecule has 0 aliphatic heterocycles. The Balaban J connectivity index is 6.81. The summed E-state index contributed by atoms with van der Waals surface area (Å²) in [6, 6.07) is 0. The Kier molecular flexibility index (Phi) is 10.6. The summed E-state index contributed by atoms with van der Waals surface area (Å²) in [4.78, 5) is 0. The van der Waals surface area contributed by atoms with Gasteiger partial charge in [-0.1, -0.05) is 0 Å². The Labute approximate surface area is 232 Å². The van der Waals surface area contributed by atoms with E-state index in [9.17, 15) is 132 Å². The van der Waals surface area contributed by atoms with Gasteiger partial charge in [-0.15, -0.1) is 0 Å². The number of hydrogen-bond donors (Lipinski definition) is 0. The van der Waals surface area contributed by atoms with Crippen LogP contribution in [0.2, 0.25) is 0 Å². The molecule has 0 spiro atoms. The minimum Gasteiger partial charge on any atom is -0.245 e. The van der Waals surface area contributed by atoms with Crippen LogP contribution in [-0.4, -0.2) is 84.5 Å². The summed E-state index contributed by atoms with van der Waals surface area (Å²) >= 11 is 0. The largest absolute Gasteiger partial charge is 0.462 e. The molecule has 0 aromatic heterocycles. The molecule has 0 atom stereocenters. The van der Waals surface area contributed by atoms with Crippen molar-refractivity contribution in [1.29, 1.82) is 0 Å². The molecule has 0 unspecified atom stereocenters. The van der Waals surface area contributed by atoms with Crippen molar-refractivity contribution in [2.24, 2.45) is 0 Å². The number of hydrogen-bond acceptors (Lipinski definition) is 3. The second kappa shape index (κ2) is 11.1. The van der Waals surface area contributed by atoms with E-state index in [4.69, 9.17) is 0 Å². The second-order valence-corrected chi connectivity index (χ2v) is 7.85. The van der Waals surface area contributed by atoms with E-state index in [1.165, 1.54) is 0 Å². The van der Waals surface area contributed by atoms with E-state index in [0.717, 1.165) is 9.47 Å². The van der Waals surface area contributed by atoms with Gasteiger partial charge < -0.3 is 0 Å². The molecule has 0 fully saturated rings. The molecule has 0 aromatic rings. The first-order chi connectivity index (χ1) is 19.6. The molecule has 0 amide bonds. The molecule has 0 bridgehead atoms. The molecule has 0 aliphatic rings. The van der Waals surface area contributed by atoms with Crippen molar-refractivity contribution in [2.45, 2.75) is 84.5 Å². The van der Waals surface area contributed by atoms with Crippen molar-refractivity contribution in [2.75, 3.05) is 0 Å². The van der Waals surface area contributed by atoms with Gasteiger partial charge in [0.15, 0.2) is 0 Å². The molecule has 3 nitrogen and oxygen atoms in total. The predicted molar refractivity (Wildman–Crippen MR) is 74.7 cm³/mol. The van der Waals surface area contributed by atoms with Gasteiger partial charge in [0.25, 0.3) is 0 Å². The van der Waals surface area contributed by atoms with Crippen LogP contribution in [0.15, 0.2) is 0 Å². The molecule has 0 aromatic carbocycles. The highest BCUT2D eigenvalue weighted by Gasteiger charge is 2.91. The number of rotatable bonds is 14. The van der Waals surface area contributed by atoms with Gasteiger partial charge in [-0.3, -0.25) is 0 Å². The first-order valence-electron chi connectivity index (χ1n) is 9.39. The summed E-state index contributed by atoms with van der Waals surface area (Å²) in [6.07, 6.45) is -67.6. The third-order valence-corrected chi connectivity index (χ3v) is 4.46. The fourth-order valence-corrected chi connectivity index (χ4v) is 1.93. The normalized spacial score (nSPS) is 17.0. The molecule has 284 valence electrons. The zero-order chi connectivity index (χ0) is 39.1. The average Bonchev–Trinajstić information content (AvgIpc) is 2.74. The standard InChI is InChI=1S/C14F30O3/c15-1(16,3(19,20)11(37,38)46-13(41,42)5(23,24)7(27,28)29)9(33,34)45-10(35,36)2(17,18)4(21,22)12(39,40)47-14(43,44)6(25,26)8(30,31)32. The Morgan fingerprint density at radius 2 is 0.277 bits per heavy atom. The summed E-state index contributed by atoms with van der Waals surface area (Å²) < 4.78 is 388. The molecule has 0 N–H and O–H groups in total. The van der Waals surface area contributed by atoms with Crippen LogP contribution in [0.25, 0.3) is 0 Å². The zero-order valence-corrected chi connectivity index (χ0v) is 19.6. The maximum absolute atomic E-state index is 13.4. The van der Waals surface area contributed by atoms with Crippen LogP contribution in [0, 0.1) is 0 Å². The highest BCUT2D eigenvalue weighted by molar-refractivity contribution is 5.03. The van der Waals surface area contributed by atoms with Crippen LogP contribution in [-0.2, 0) is 14.2 Å². The van der Waals surface area contributed by atoms with E-state index in [-0.39, 0.29) is 0 Å². The lowest BCUT2D eigenvalue weighted by Crippen LogP contribution is -2.70. The van der Waals surface area contributed by atoms with E-state index in [2.05, 4.69) is 0 Å². The van der Waals surface area contributed by atoms with E-state index < -0.39 is 84.5 Å². The first-order valence-corrected chi connectivity index (χ1v) is 9.39. The van der Waals surface area contributed by atoms with Gasteiger partial charge in [0.1, 0.15) is 0 Å². The quantitative estimate of drug-likeness (QED) is 0.164. The maximum Gasteiger partial charge on any atom is 0.462 e. The van der Waals surface area contributed by atoms with Gasteiger partial charge in [-0.25, -0.2) is 14.2 Å². The van der Waals surface area contributed by atoms with Crippen molar-refractivity contribution < 1.29 is 146 Å². The fraction of sp³-hybridized carbons (Fsp3) is 1.00. The first kappa shape index (κ1) is 44.8. The van der Waals surface area contributed by atoms with Crippen LogP contribution in [0.5, 0.6) is 0 Å². The Morgan fingerprint density at radius 1 is 0.170 bits per heavy atom.